The molecule has 1 spiro atoms. The maximum Gasteiger partial charge on any atom is 0.264 e. The number of benzene rings is 2. The SMILES string of the molecule is CC(C)=CCC/C(C)=C/CN1C(=O)[C@@]2(O[C@@H](CC(=O)N3Cc4ccccc4C[C@H]3CO)[C@H]([Si](C)(C)F)[C@H]2C)c2cc(NC(=O)C3CCCNC3)ccc21. The quantitative estimate of drug-likeness (QED) is 0.133. The molecule has 0 bridgehead atoms. The van der Waals surface area contributed by atoms with Gasteiger partial charge in [-0.2, -0.15) is 0 Å². The number of halogens is 1. The fourth-order valence-corrected chi connectivity index (χ4v) is 11.6. The Balaban J connectivity index is 1.34. The first kappa shape index (κ1) is 39.1. The number of allylic oxidation sites excluding steroid dienone is 3. The van der Waals surface area contributed by atoms with Crippen LogP contribution >= 0.6 is 0 Å². The summed E-state index contributed by atoms with van der Waals surface area (Å²) in [5.41, 5.74) is 4.17. The summed E-state index contributed by atoms with van der Waals surface area (Å²) in [7, 11) is -3.55. The van der Waals surface area contributed by atoms with Crippen LogP contribution in [0.15, 0.2) is 65.8 Å². The summed E-state index contributed by atoms with van der Waals surface area (Å²) in [6.07, 6.45) is 7.34. The molecule has 286 valence electrons. The molecule has 4 heterocycles. The molecule has 6 atom stereocenters. The third-order valence-electron chi connectivity index (χ3n) is 11.9. The van der Waals surface area contributed by atoms with Crippen molar-refractivity contribution in [3.05, 3.63) is 82.5 Å². The highest BCUT2D eigenvalue weighted by atomic mass is 28.4. The van der Waals surface area contributed by atoms with E-state index >= 15 is 4.11 Å². The molecule has 0 aliphatic carbocycles. The molecular formula is C42H57FN4O5Si. The molecule has 3 amide bonds. The summed E-state index contributed by atoms with van der Waals surface area (Å²) in [5.74, 6) is -1.33. The first-order valence-corrected chi connectivity index (χ1v) is 22.3. The first-order valence-electron chi connectivity index (χ1n) is 19.4. The van der Waals surface area contributed by atoms with Gasteiger partial charge in [0, 0.05) is 42.3 Å². The van der Waals surface area contributed by atoms with Crippen molar-refractivity contribution in [1.82, 2.24) is 10.2 Å². The Morgan fingerprint density at radius 1 is 1.13 bits per heavy atom. The van der Waals surface area contributed by atoms with Gasteiger partial charge in [-0.1, -0.05) is 54.5 Å². The van der Waals surface area contributed by atoms with E-state index in [-0.39, 0.29) is 36.7 Å². The number of nitrogens with zero attached hydrogens (tertiary/aromatic N) is 2. The van der Waals surface area contributed by atoms with Crippen LogP contribution in [0.3, 0.4) is 0 Å². The van der Waals surface area contributed by atoms with Crippen molar-refractivity contribution >= 4 is 37.5 Å². The lowest BCUT2D eigenvalue weighted by molar-refractivity contribution is -0.150. The van der Waals surface area contributed by atoms with Gasteiger partial charge in [0.1, 0.15) is 0 Å². The van der Waals surface area contributed by atoms with Crippen molar-refractivity contribution in [2.75, 3.05) is 36.5 Å². The Bertz CT molecular complexity index is 1760. The lowest BCUT2D eigenvalue weighted by Gasteiger charge is -2.37. The second-order valence-corrected chi connectivity index (χ2v) is 20.2. The second-order valence-electron chi connectivity index (χ2n) is 16.4. The van der Waals surface area contributed by atoms with Gasteiger partial charge >= 0.3 is 0 Å². The van der Waals surface area contributed by atoms with Crippen LogP contribution in [0.5, 0.6) is 0 Å². The molecule has 4 aliphatic heterocycles. The molecule has 0 aromatic heterocycles. The molecule has 0 saturated carbocycles. The van der Waals surface area contributed by atoms with Crippen molar-refractivity contribution < 1.29 is 28.3 Å². The second kappa shape index (κ2) is 16.0. The van der Waals surface area contributed by atoms with Crippen LogP contribution in [-0.2, 0) is 37.7 Å². The topological polar surface area (TPSA) is 111 Å². The molecule has 2 fully saturated rings. The molecule has 3 N–H and O–H groups in total. The minimum Gasteiger partial charge on any atom is -0.394 e. The summed E-state index contributed by atoms with van der Waals surface area (Å²) in [6.45, 7) is 13.4. The molecule has 53 heavy (non-hydrogen) atoms. The van der Waals surface area contributed by atoms with Crippen LogP contribution in [0.25, 0.3) is 0 Å². The first-order chi connectivity index (χ1) is 25.2. The predicted octanol–water partition coefficient (Wildman–Crippen LogP) is 6.77. The average Bonchev–Trinajstić information content (AvgIpc) is 3.55. The molecule has 0 radical (unpaired) electrons. The fourth-order valence-electron chi connectivity index (χ4n) is 9.10. The van der Waals surface area contributed by atoms with Gasteiger partial charge in [0.25, 0.3) is 5.91 Å². The Morgan fingerprint density at radius 3 is 2.57 bits per heavy atom. The van der Waals surface area contributed by atoms with E-state index in [0.29, 0.717) is 43.0 Å². The average molecular weight is 745 g/mol. The number of carbonyl (C=O) groups is 3. The van der Waals surface area contributed by atoms with Crippen molar-refractivity contribution in [2.24, 2.45) is 11.8 Å². The number of carbonyl (C=O) groups excluding carboxylic acids is 3. The van der Waals surface area contributed by atoms with E-state index in [4.69, 9.17) is 4.74 Å². The van der Waals surface area contributed by atoms with Gasteiger partial charge in [-0.15, -0.1) is 0 Å². The molecule has 6 rings (SSSR count). The van der Waals surface area contributed by atoms with Crippen LogP contribution in [0.2, 0.25) is 18.6 Å². The Morgan fingerprint density at radius 2 is 1.89 bits per heavy atom. The highest BCUT2D eigenvalue weighted by Crippen LogP contribution is 2.60. The molecule has 1 unspecified atom stereocenters. The summed E-state index contributed by atoms with van der Waals surface area (Å²) in [4.78, 5) is 45.9. The van der Waals surface area contributed by atoms with Gasteiger partial charge in [0.05, 0.1) is 36.8 Å². The number of aliphatic hydroxyl groups excluding tert-OH is 1. The van der Waals surface area contributed by atoms with E-state index in [1.54, 1.807) is 22.9 Å². The van der Waals surface area contributed by atoms with Crippen LogP contribution in [0, 0.1) is 11.8 Å². The Hall–Kier alpha value is -3.64. The van der Waals surface area contributed by atoms with E-state index < -0.39 is 37.6 Å². The molecule has 2 saturated heterocycles. The molecule has 11 heteroatoms. The standard InChI is InChI=1S/C42H57FN4O5Si/c1-27(2)11-9-12-28(3)18-20-46-36-17-16-33(45-40(50)31-15-10-19-44-24-31)22-35(36)42(41(46)51)29(4)39(53(5,6)43)37(52-42)23-38(49)47-25-32-14-8-7-13-30(32)21-34(47)26-48/h7-8,11,13-14,16-18,22,29,31,34,37,39,44,48H,9-10,12,15,19-21,23-26H2,1-6H3,(H,45,50)/b28-18+/t29-,31?,34+,37+,39-,42+/m1/s1. The van der Waals surface area contributed by atoms with Gasteiger partial charge in [-0.25, -0.2) is 0 Å². The zero-order valence-electron chi connectivity index (χ0n) is 32.2. The molecule has 2 aromatic rings. The van der Waals surface area contributed by atoms with Crippen molar-refractivity contribution in [3.63, 3.8) is 0 Å². The highest BCUT2D eigenvalue weighted by Gasteiger charge is 2.67. The van der Waals surface area contributed by atoms with E-state index in [1.807, 2.05) is 49.4 Å². The fraction of sp³-hybridized carbons (Fsp3) is 0.548. The van der Waals surface area contributed by atoms with Crippen molar-refractivity contribution in [2.45, 2.75) is 109 Å². The number of fused-ring (bicyclic) bond motifs is 3. The van der Waals surface area contributed by atoms with Crippen molar-refractivity contribution in [1.29, 1.82) is 0 Å². The van der Waals surface area contributed by atoms with Crippen LogP contribution in [0.4, 0.5) is 15.5 Å². The monoisotopic (exact) mass is 744 g/mol. The number of hydrogen-bond acceptors (Lipinski definition) is 6. The van der Waals surface area contributed by atoms with Crippen LogP contribution in [-0.4, -0.2) is 74.5 Å². The summed E-state index contributed by atoms with van der Waals surface area (Å²) in [6, 6.07) is 13.0. The van der Waals surface area contributed by atoms with Gasteiger partial charge in [-0.3, -0.25) is 14.4 Å². The lowest BCUT2D eigenvalue weighted by atomic mass is 9.82. The zero-order chi connectivity index (χ0) is 38.1. The highest BCUT2D eigenvalue weighted by molar-refractivity contribution is 6.72. The number of piperidine rings is 1. The number of anilines is 2. The Labute approximate surface area is 315 Å². The van der Waals surface area contributed by atoms with Crippen LogP contribution < -0.4 is 15.5 Å². The van der Waals surface area contributed by atoms with Crippen molar-refractivity contribution in [3.8, 4) is 0 Å². The van der Waals surface area contributed by atoms with Gasteiger partial charge in [0.15, 0.2) is 5.60 Å². The number of rotatable bonds is 11. The zero-order valence-corrected chi connectivity index (χ0v) is 33.2. The molecular weight excluding hydrogens is 688 g/mol. The largest absolute Gasteiger partial charge is 0.394 e. The van der Waals surface area contributed by atoms with E-state index in [2.05, 4.69) is 43.6 Å². The molecule has 4 aliphatic rings. The van der Waals surface area contributed by atoms with E-state index in [1.165, 1.54) is 5.57 Å². The third kappa shape index (κ3) is 7.95. The van der Waals surface area contributed by atoms with Gasteiger partial charge in [-0.05, 0) is 102 Å². The number of amides is 3. The minimum absolute atomic E-state index is 0.0807. The molecule has 9 nitrogen and oxygen atoms in total. The Kier molecular flexibility index (Phi) is 11.8. The number of aliphatic hydroxyl groups is 1. The predicted molar refractivity (Wildman–Crippen MR) is 210 cm³/mol. The van der Waals surface area contributed by atoms with Gasteiger partial charge in [0.2, 0.25) is 20.2 Å². The normalized spacial score (nSPS) is 27.1. The third-order valence-corrected chi connectivity index (χ3v) is 14.3. The maximum atomic E-state index is 16.6. The summed E-state index contributed by atoms with van der Waals surface area (Å²) >= 11 is 0. The van der Waals surface area contributed by atoms with Gasteiger partial charge < -0.3 is 34.4 Å². The number of ether oxygens (including phenoxy) is 1. The molecule has 2 aromatic carbocycles. The lowest BCUT2D eigenvalue weighted by Crippen LogP contribution is -2.48. The summed E-state index contributed by atoms with van der Waals surface area (Å²) < 4.78 is 23.6. The smallest absolute Gasteiger partial charge is 0.264 e. The van der Waals surface area contributed by atoms with Crippen LogP contribution in [0.1, 0.15) is 76.5 Å². The van der Waals surface area contributed by atoms with E-state index in [0.717, 1.165) is 48.9 Å². The number of hydrogen-bond donors (Lipinski definition) is 3. The number of nitrogens with one attached hydrogen (secondary N) is 2. The minimum atomic E-state index is -3.55. The van der Waals surface area contributed by atoms with E-state index in [9.17, 15) is 19.5 Å². The maximum absolute atomic E-state index is 16.6. The summed E-state index contributed by atoms with van der Waals surface area (Å²) in [5, 5.41) is 16.7.